The number of hydrogen-bond acceptors (Lipinski definition) is 4. The van der Waals surface area contributed by atoms with Gasteiger partial charge >= 0.3 is 0 Å². The average Bonchev–Trinajstić information content (AvgIpc) is 2.49. The number of methoxy groups -OCH3 is 1. The molecule has 0 saturated carbocycles. The predicted molar refractivity (Wildman–Crippen MR) is 81.4 cm³/mol. The highest BCUT2D eigenvalue weighted by Gasteiger charge is 2.10. The lowest BCUT2D eigenvalue weighted by molar-refractivity contribution is -0.385. The summed E-state index contributed by atoms with van der Waals surface area (Å²) in [5.74, 6) is 0.827. The molecule has 0 bridgehead atoms. The van der Waals surface area contributed by atoms with Crippen LogP contribution in [0.25, 0.3) is 0 Å². The summed E-state index contributed by atoms with van der Waals surface area (Å²) in [5.41, 5.74) is 2.89. The minimum atomic E-state index is -0.345. The molecular formula is C16H18N2O3. The number of benzene rings is 2. The summed E-state index contributed by atoms with van der Waals surface area (Å²) in [6, 6.07) is 13.1. The number of rotatable bonds is 6. The average molecular weight is 286 g/mol. The minimum Gasteiger partial charge on any atom is -0.497 e. The molecule has 0 aliphatic rings. The molecule has 0 amide bonds. The zero-order valence-corrected chi connectivity index (χ0v) is 12.1. The Kier molecular flexibility index (Phi) is 4.90. The maximum Gasteiger partial charge on any atom is 0.272 e. The zero-order chi connectivity index (χ0) is 15.2. The van der Waals surface area contributed by atoms with Crippen molar-refractivity contribution in [2.45, 2.75) is 20.0 Å². The first-order chi connectivity index (χ1) is 10.1. The Morgan fingerprint density at radius 1 is 1.10 bits per heavy atom. The van der Waals surface area contributed by atoms with Crippen LogP contribution in [0.4, 0.5) is 5.69 Å². The molecule has 2 rings (SSSR count). The van der Waals surface area contributed by atoms with Gasteiger partial charge < -0.3 is 10.1 Å². The molecule has 1 N–H and O–H groups in total. The van der Waals surface area contributed by atoms with Gasteiger partial charge in [0.05, 0.1) is 12.0 Å². The molecule has 0 spiro atoms. The van der Waals surface area contributed by atoms with Crippen molar-refractivity contribution in [2.24, 2.45) is 0 Å². The molecule has 2 aromatic carbocycles. The molecule has 0 aromatic heterocycles. The van der Waals surface area contributed by atoms with Crippen LogP contribution in [0.1, 0.15) is 16.7 Å². The fourth-order valence-electron chi connectivity index (χ4n) is 2.06. The highest BCUT2D eigenvalue weighted by Crippen LogP contribution is 2.19. The van der Waals surface area contributed by atoms with Crippen LogP contribution in [-0.2, 0) is 13.1 Å². The van der Waals surface area contributed by atoms with E-state index in [4.69, 9.17) is 4.74 Å². The number of nitro groups is 1. The summed E-state index contributed by atoms with van der Waals surface area (Å²) in [4.78, 5) is 10.6. The van der Waals surface area contributed by atoms with Gasteiger partial charge in [0.25, 0.3) is 5.69 Å². The van der Waals surface area contributed by atoms with E-state index < -0.39 is 0 Å². The monoisotopic (exact) mass is 286 g/mol. The SMILES string of the molecule is COc1ccc(CNCc2ccc(C)c([N+](=O)[O-])c2)cc1. The first-order valence-corrected chi connectivity index (χ1v) is 6.67. The van der Waals surface area contributed by atoms with Crippen LogP contribution < -0.4 is 10.1 Å². The van der Waals surface area contributed by atoms with Gasteiger partial charge in [-0.2, -0.15) is 0 Å². The van der Waals surface area contributed by atoms with E-state index in [1.165, 1.54) is 0 Å². The van der Waals surface area contributed by atoms with Crippen molar-refractivity contribution >= 4 is 5.69 Å². The lowest BCUT2D eigenvalue weighted by atomic mass is 10.1. The second-order valence-corrected chi connectivity index (χ2v) is 4.83. The number of aryl methyl sites for hydroxylation is 1. The Bertz CT molecular complexity index is 624. The van der Waals surface area contributed by atoms with E-state index in [-0.39, 0.29) is 10.6 Å². The van der Waals surface area contributed by atoms with E-state index >= 15 is 0 Å². The van der Waals surface area contributed by atoms with Gasteiger partial charge in [-0.3, -0.25) is 10.1 Å². The van der Waals surface area contributed by atoms with Gasteiger partial charge in [0.2, 0.25) is 0 Å². The Morgan fingerprint density at radius 3 is 2.33 bits per heavy atom. The first kappa shape index (κ1) is 15.0. The molecule has 0 aliphatic heterocycles. The predicted octanol–water partition coefficient (Wildman–Crippen LogP) is 3.20. The van der Waals surface area contributed by atoms with Crippen LogP contribution in [-0.4, -0.2) is 12.0 Å². The van der Waals surface area contributed by atoms with E-state index in [1.54, 1.807) is 26.2 Å². The highest BCUT2D eigenvalue weighted by atomic mass is 16.6. The number of ether oxygens (including phenoxy) is 1. The number of hydrogen-bond donors (Lipinski definition) is 1. The summed E-state index contributed by atoms with van der Waals surface area (Å²) >= 11 is 0. The molecule has 0 heterocycles. The van der Waals surface area contributed by atoms with Gasteiger partial charge in [0.1, 0.15) is 5.75 Å². The smallest absolute Gasteiger partial charge is 0.272 e. The van der Waals surface area contributed by atoms with Crippen molar-refractivity contribution < 1.29 is 9.66 Å². The lowest BCUT2D eigenvalue weighted by Gasteiger charge is -2.07. The standard InChI is InChI=1S/C16H18N2O3/c1-12-3-4-14(9-16(12)18(19)20)11-17-10-13-5-7-15(21-2)8-6-13/h3-9,17H,10-11H2,1-2H3. The summed E-state index contributed by atoms with van der Waals surface area (Å²) in [6.07, 6.45) is 0. The molecule has 0 aliphatic carbocycles. The molecule has 5 heteroatoms. The number of nitrogens with zero attached hydrogens (tertiary/aromatic N) is 1. The minimum absolute atomic E-state index is 0.166. The van der Waals surface area contributed by atoms with Gasteiger partial charge in [-0.05, 0) is 30.2 Å². The maximum atomic E-state index is 10.9. The van der Waals surface area contributed by atoms with Crippen molar-refractivity contribution in [3.63, 3.8) is 0 Å². The van der Waals surface area contributed by atoms with E-state index in [0.717, 1.165) is 16.9 Å². The molecule has 0 unspecified atom stereocenters. The molecule has 110 valence electrons. The molecule has 0 saturated heterocycles. The Balaban J connectivity index is 1.93. The van der Waals surface area contributed by atoms with Crippen LogP contribution in [0.5, 0.6) is 5.75 Å². The lowest BCUT2D eigenvalue weighted by Crippen LogP contribution is -2.12. The molecular weight excluding hydrogens is 268 g/mol. The third-order valence-corrected chi connectivity index (χ3v) is 3.29. The first-order valence-electron chi connectivity index (χ1n) is 6.67. The van der Waals surface area contributed by atoms with Crippen molar-refractivity contribution in [3.8, 4) is 5.75 Å². The molecule has 5 nitrogen and oxygen atoms in total. The van der Waals surface area contributed by atoms with Crippen molar-refractivity contribution in [1.29, 1.82) is 0 Å². The fourth-order valence-corrected chi connectivity index (χ4v) is 2.06. The number of nitrogens with one attached hydrogen (secondary N) is 1. The van der Waals surface area contributed by atoms with Crippen molar-refractivity contribution in [1.82, 2.24) is 5.32 Å². The Morgan fingerprint density at radius 2 is 1.71 bits per heavy atom. The molecule has 0 radical (unpaired) electrons. The quantitative estimate of drug-likeness (QED) is 0.654. The van der Waals surface area contributed by atoms with Gasteiger partial charge in [-0.1, -0.05) is 24.3 Å². The van der Waals surface area contributed by atoms with Crippen molar-refractivity contribution in [2.75, 3.05) is 7.11 Å². The second-order valence-electron chi connectivity index (χ2n) is 4.83. The Hall–Kier alpha value is -2.40. The van der Waals surface area contributed by atoms with Gasteiger partial charge in [0, 0.05) is 24.7 Å². The zero-order valence-electron chi connectivity index (χ0n) is 12.1. The topological polar surface area (TPSA) is 64.4 Å². The van der Waals surface area contributed by atoms with Crippen LogP contribution in [0, 0.1) is 17.0 Å². The van der Waals surface area contributed by atoms with Crippen LogP contribution in [0.15, 0.2) is 42.5 Å². The van der Waals surface area contributed by atoms with Crippen LogP contribution in [0.3, 0.4) is 0 Å². The summed E-state index contributed by atoms with van der Waals surface area (Å²) in [6.45, 7) is 3.03. The second kappa shape index (κ2) is 6.85. The Labute approximate surface area is 123 Å². The third-order valence-electron chi connectivity index (χ3n) is 3.29. The van der Waals surface area contributed by atoms with Crippen LogP contribution >= 0.6 is 0 Å². The highest BCUT2D eigenvalue weighted by molar-refractivity contribution is 5.42. The van der Waals surface area contributed by atoms with Gasteiger partial charge in [-0.15, -0.1) is 0 Å². The number of nitro benzene ring substituents is 1. The van der Waals surface area contributed by atoms with Gasteiger partial charge in [-0.25, -0.2) is 0 Å². The van der Waals surface area contributed by atoms with Gasteiger partial charge in [0.15, 0.2) is 0 Å². The van der Waals surface area contributed by atoms with Crippen molar-refractivity contribution in [3.05, 3.63) is 69.3 Å². The molecule has 2 aromatic rings. The summed E-state index contributed by atoms with van der Waals surface area (Å²) in [5, 5.41) is 14.2. The van der Waals surface area contributed by atoms with E-state index in [9.17, 15) is 10.1 Å². The third kappa shape index (κ3) is 4.03. The van der Waals surface area contributed by atoms with E-state index in [1.807, 2.05) is 30.3 Å². The van der Waals surface area contributed by atoms with E-state index in [0.29, 0.717) is 18.7 Å². The summed E-state index contributed by atoms with van der Waals surface area (Å²) in [7, 11) is 1.64. The normalized spacial score (nSPS) is 10.4. The summed E-state index contributed by atoms with van der Waals surface area (Å²) < 4.78 is 5.11. The molecule has 21 heavy (non-hydrogen) atoms. The van der Waals surface area contributed by atoms with Crippen LogP contribution in [0.2, 0.25) is 0 Å². The fraction of sp³-hybridized carbons (Fsp3) is 0.250. The maximum absolute atomic E-state index is 10.9. The molecule has 0 fully saturated rings. The van der Waals surface area contributed by atoms with E-state index in [2.05, 4.69) is 5.32 Å². The molecule has 0 atom stereocenters. The largest absolute Gasteiger partial charge is 0.497 e.